The zero-order valence-corrected chi connectivity index (χ0v) is 31.7. The summed E-state index contributed by atoms with van der Waals surface area (Å²) in [7, 11) is 0. The second-order valence-electron chi connectivity index (χ2n) is 14.8. The molecule has 0 saturated carbocycles. The van der Waals surface area contributed by atoms with E-state index in [1.54, 1.807) is 0 Å². The molecule has 58 heavy (non-hydrogen) atoms. The molecule has 0 saturated heterocycles. The first-order valence-corrected chi connectivity index (χ1v) is 19.8. The highest BCUT2D eigenvalue weighted by Crippen LogP contribution is 2.49. The first-order valence-electron chi connectivity index (χ1n) is 19.8. The van der Waals surface area contributed by atoms with Gasteiger partial charge < -0.3 is 9.32 Å². The maximum Gasteiger partial charge on any atom is 0.145 e. The molecule has 272 valence electrons. The Morgan fingerprint density at radius 3 is 1.57 bits per heavy atom. The monoisotopic (exact) mass is 739 g/mol. The van der Waals surface area contributed by atoms with Gasteiger partial charge >= 0.3 is 0 Å². The summed E-state index contributed by atoms with van der Waals surface area (Å²) >= 11 is 0. The minimum Gasteiger partial charge on any atom is -0.455 e. The molecule has 0 aliphatic heterocycles. The Morgan fingerprint density at radius 2 is 0.810 bits per heavy atom. The number of fused-ring (bicyclic) bond motifs is 5. The van der Waals surface area contributed by atoms with E-state index in [9.17, 15) is 0 Å². The zero-order valence-electron chi connectivity index (χ0n) is 31.7. The smallest absolute Gasteiger partial charge is 0.145 e. The third-order valence-electron chi connectivity index (χ3n) is 11.5. The van der Waals surface area contributed by atoms with E-state index < -0.39 is 0 Å². The van der Waals surface area contributed by atoms with Gasteiger partial charge in [-0.05, 0) is 91.3 Å². The van der Waals surface area contributed by atoms with Crippen LogP contribution in [-0.2, 0) is 0 Å². The van der Waals surface area contributed by atoms with E-state index >= 15 is 0 Å². The number of hydrogen-bond acceptors (Lipinski definition) is 2. The zero-order chi connectivity index (χ0) is 38.4. The Labute approximate surface area is 337 Å². The molecule has 0 spiro atoms. The van der Waals surface area contributed by atoms with E-state index in [1.165, 1.54) is 43.8 Å². The van der Waals surface area contributed by atoms with Crippen LogP contribution in [0.15, 0.2) is 229 Å². The lowest BCUT2D eigenvalue weighted by atomic mass is 9.94. The summed E-state index contributed by atoms with van der Waals surface area (Å²) in [5.74, 6) is 0. The number of benzene rings is 10. The lowest BCUT2D eigenvalue weighted by molar-refractivity contribution is 0.670. The summed E-state index contributed by atoms with van der Waals surface area (Å²) in [5, 5.41) is 7.04. The fraction of sp³-hybridized carbons (Fsp3) is 0. The van der Waals surface area contributed by atoms with E-state index in [1.807, 2.05) is 0 Å². The number of nitrogens with zero attached hydrogens (tertiary/aromatic N) is 1. The van der Waals surface area contributed by atoms with Crippen molar-refractivity contribution in [3.63, 3.8) is 0 Å². The highest BCUT2D eigenvalue weighted by Gasteiger charge is 2.24. The number of para-hydroxylation sites is 2. The van der Waals surface area contributed by atoms with E-state index in [4.69, 9.17) is 4.42 Å². The van der Waals surface area contributed by atoms with Crippen molar-refractivity contribution in [2.75, 3.05) is 4.90 Å². The van der Waals surface area contributed by atoms with Crippen LogP contribution in [0.1, 0.15) is 0 Å². The third-order valence-corrected chi connectivity index (χ3v) is 11.5. The molecule has 0 unspecified atom stereocenters. The van der Waals surface area contributed by atoms with Crippen LogP contribution in [0.25, 0.3) is 88.0 Å². The molecular formula is C56H37NO. The van der Waals surface area contributed by atoms with Crippen molar-refractivity contribution in [3.8, 4) is 44.5 Å². The van der Waals surface area contributed by atoms with Crippen molar-refractivity contribution in [2.24, 2.45) is 0 Å². The van der Waals surface area contributed by atoms with Gasteiger partial charge in [0.15, 0.2) is 0 Å². The van der Waals surface area contributed by atoms with Crippen LogP contribution in [0, 0.1) is 0 Å². The van der Waals surface area contributed by atoms with E-state index in [0.29, 0.717) is 0 Å². The molecule has 1 heterocycles. The van der Waals surface area contributed by atoms with Gasteiger partial charge in [0.25, 0.3) is 0 Å². The lowest BCUT2D eigenvalue weighted by Crippen LogP contribution is -2.11. The highest BCUT2D eigenvalue weighted by atomic mass is 16.3. The molecule has 10 aromatic carbocycles. The van der Waals surface area contributed by atoms with Gasteiger partial charge in [-0.25, -0.2) is 0 Å². The summed E-state index contributed by atoms with van der Waals surface area (Å²) in [6, 6.07) is 80.6. The molecular weight excluding hydrogens is 703 g/mol. The molecule has 0 atom stereocenters. The van der Waals surface area contributed by atoms with Crippen molar-refractivity contribution in [3.05, 3.63) is 224 Å². The summed E-state index contributed by atoms with van der Waals surface area (Å²) in [6.07, 6.45) is 0. The summed E-state index contributed by atoms with van der Waals surface area (Å²) in [6.45, 7) is 0. The first kappa shape index (κ1) is 33.6. The van der Waals surface area contributed by atoms with Gasteiger partial charge in [-0.1, -0.05) is 188 Å². The maximum absolute atomic E-state index is 6.91. The summed E-state index contributed by atoms with van der Waals surface area (Å²) in [5.41, 5.74) is 14.2. The molecule has 11 rings (SSSR count). The highest BCUT2D eigenvalue weighted by molar-refractivity contribution is 6.19. The van der Waals surface area contributed by atoms with Crippen LogP contribution >= 0.6 is 0 Å². The van der Waals surface area contributed by atoms with Crippen molar-refractivity contribution < 1.29 is 4.42 Å². The fourth-order valence-electron chi connectivity index (χ4n) is 8.73. The van der Waals surface area contributed by atoms with Gasteiger partial charge in [0.05, 0.1) is 16.8 Å². The molecule has 0 N–H and O–H groups in total. The molecule has 0 amide bonds. The van der Waals surface area contributed by atoms with Gasteiger partial charge in [0.2, 0.25) is 0 Å². The number of hydrogen-bond donors (Lipinski definition) is 0. The van der Waals surface area contributed by atoms with Gasteiger partial charge in [-0.3, -0.25) is 0 Å². The van der Waals surface area contributed by atoms with Crippen molar-refractivity contribution in [1.82, 2.24) is 0 Å². The quantitative estimate of drug-likeness (QED) is 0.162. The van der Waals surface area contributed by atoms with Crippen molar-refractivity contribution in [1.29, 1.82) is 0 Å². The van der Waals surface area contributed by atoms with Crippen LogP contribution < -0.4 is 4.90 Å². The first-order chi connectivity index (χ1) is 28.8. The standard InChI is InChI=1S/C56H37NO/c1-2-14-38(15-3-1)39-28-30-43(31-29-39)48-22-8-10-26-52(48)57(44-34-32-42(33-35-44)46-24-12-18-40-16-4-6-20-45(40)46)53-37-36-50(49-25-13-19-41-17-5-7-21-47(41)49)56-55(53)51-23-9-11-27-54(51)58-56/h1-37H. The topological polar surface area (TPSA) is 16.4 Å². The number of anilines is 3. The van der Waals surface area contributed by atoms with Crippen LogP contribution in [0.3, 0.4) is 0 Å². The average Bonchev–Trinajstić information content (AvgIpc) is 3.70. The van der Waals surface area contributed by atoms with Gasteiger partial charge in [-0.2, -0.15) is 0 Å². The Balaban J connectivity index is 1.14. The summed E-state index contributed by atoms with van der Waals surface area (Å²) in [4.78, 5) is 2.42. The minimum absolute atomic E-state index is 0.863. The minimum atomic E-state index is 0.863. The summed E-state index contributed by atoms with van der Waals surface area (Å²) < 4.78 is 6.91. The van der Waals surface area contributed by atoms with Crippen LogP contribution in [0.4, 0.5) is 17.1 Å². The molecule has 1 aromatic heterocycles. The maximum atomic E-state index is 6.91. The van der Waals surface area contributed by atoms with Crippen LogP contribution in [-0.4, -0.2) is 0 Å². The Kier molecular flexibility index (Phi) is 8.19. The van der Waals surface area contributed by atoms with Crippen LogP contribution in [0.2, 0.25) is 0 Å². The molecule has 0 aliphatic carbocycles. The molecule has 0 aliphatic rings. The fourth-order valence-corrected chi connectivity index (χ4v) is 8.73. The van der Waals surface area contributed by atoms with E-state index in [2.05, 4.69) is 229 Å². The molecule has 2 nitrogen and oxygen atoms in total. The SMILES string of the molecule is c1ccc(-c2ccc(-c3ccccc3N(c3ccc(-c4cccc5ccccc45)cc3)c3ccc(-c4cccc5ccccc45)c4oc5ccccc5c34)cc2)cc1. The predicted octanol–water partition coefficient (Wildman–Crippen LogP) is 16.0. The Bertz CT molecular complexity index is 3260. The second kappa shape index (κ2) is 14.1. The predicted molar refractivity (Wildman–Crippen MR) is 245 cm³/mol. The van der Waals surface area contributed by atoms with Gasteiger partial charge in [0, 0.05) is 22.2 Å². The van der Waals surface area contributed by atoms with Crippen molar-refractivity contribution >= 4 is 60.5 Å². The number of furan rings is 1. The molecule has 0 fully saturated rings. The van der Waals surface area contributed by atoms with Crippen molar-refractivity contribution in [2.45, 2.75) is 0 Å². The third kappa shape index (κ3) is 5.74. The largest absolute Gasteiger partial charge is 0.455 e. The number of rotatable bonds is 7. The molecule has 0 radical (unpaired) electrons. The van der Waals surface area contributed by atoms with Gasteiger partial charge in [0.1, 0.15) is 11.2 Å². The van der Waals surface area contributed by atoms with E-state index in [-0.39, 0.29) is 0 Å². The molecule has 2 heteroatoms. The second-order valence-corrected chi connectivity index (χ2v) is 14.8. The van der Waals surface area contributed by atoms with Crippen LogP contribution in [0.5, 0.6) is 0 Å². The van der Waals surface area contributed by atoms with Gasteiger partial charge in [-0.15, -0.1) is 0 Å². The average molecular weight is 740 g/mol. The Morgan fingerprint density at radius 1 is 0.293 bits per heavy atom. The lowest BCUT2D eigenvalue weighted by Gasteiger charge is -2.29. The normalized spacial score (nSPS) is 11.4. The van der Waals surface area contributed by atoms with E-state index in [0.717, 1.165) is 61.3 Å². The molecule has 11 aromatic rings. The molecule has 0 bridgehead atoms. The Hall–Kier alpha value is -7.68.